The van der Waals surface area contributed by atoms with Crippen LogP contribution in [0.15, 0.2) is 53.7 Å². The molecule has 0 aliphatic carbocycles. The van der Waals surface area contributed by atoms with Crippen LogP contribution in [0.1, 0.15) is 18.6 Å². The van der Waals surface area contributed by atoms with E-state index in [1.165, 1.54) is 0 Å². The number of oxazole rings is 1. The second kappa shape index (κ2) is 7.87. The number of anilines is 1. The van der Waals surface area contributed by atoms with Crippen molar-refractivity contribution in [1.29, 1.82) is 0 Å². The topological polar surface area (TPSA) is 110 Å². The third kappa shape index (κ3) is 3.83. The third-order valence-electron chi connectivity index (χ3n) is 4.11. The molecular formula is C19H19N7O2. The number of aryl methyl sites for hydroxylation is 2. The Labute approximate surface area is 160 Å². The van der Waals surface area contributed by atoms with Gasteiger partial charge < -0.3 is 9.73 Å². The number of fused-ring (bicyclic) bond motifs is 1. The minimum absolute atomic E-state index is 0.298. The molecular weight excluding hydrogens is 358 g/mol. The van der Waals surface area contributed by atoms with Crippen LogP contribution in [0.25, 0.3) is 16.9 Å². The SMILES string of the molecule is CCNC(=O)Nc1cn2c(CCc3ncco3)nc(-c3cccnc3)cc2n1. The minimum atomic E-state index is -0.298. The van der Waals surface area contributed by atoms with Gasteiger partial charge in [0.05, 0.1) is 18.1 Å². The summed E-state index contributed by atoms with van der Waals surface area (Å²) in [5.74, 6) is 1.88. The van der Waals surface area contributed by atoms with Crippen molar-refractivity contribution >= 4 is 17.5 Å². The Kier molecular flexibility index (Phi) is 4.96. The summed E-state index contributed by atoms with van der Waals surface area (Å²) in [6, 6.07) is 5.38. The van der Waals surface area contributed by atoms with Crippen molar-refractivity contribution in [2.24, 2.45) is 0 Å². The number of carbonyl (C=O) groups is 1. The van der Waals surface area contributed by atoms with E-state index in [1.54, 1.807) is 31.1 Å². The van der Waals surface area contributed by atoms with E-state index in [4.69, 9.17) is 9.40 Å². The summed E-state index contributed by atoms with van der Waals surface area (Å²) in [5.41, 5.74) is 2.34. The van der Waals surface area contributed by atoms with Gasteiger partial charge in [-0.3, -0.25) is 14.7 Å². The molecule has 0 bridgehead atoms. The predicted molar refractivity (Wildman–Crippen MR) is 103 cm³/mol. The number of imidazole rings is 1. The van der Waals surface area contributed by atoms with Gasteiger partial charge in [0, 0.05) is 43.4 Å². The van der Waals surface area contributed by atoms with Crippen molar-refractivity contribution in [3.8, 4) is 11.3 Å². The highest BCUT2D eigenvalue weighted by Gasteiger charge is 2.13. The number of rotatable bonds is 6. The molecule has 0 saturated carbocycles. The van der Waals surface area contributed by atoms with Gasteiger partial charge in [0.25, 0.3) is 0 Å². The Hall–Kier alpha value is -3.75. The zero-order chi connectivity index (χ0) is 19.3. The van der Waals surface area contributed by atoms with Gasteiger partial charge in [-0.05, 0) is 19.1 Å². The summed E-state index contributed by atoms with van der Waals surface area (Å²) in [6.07, 6.45) is 9.61. The molecule has 9 heteroatoms. The zero-order valence-electron chi connectivity index (χ0n) is 15.3. The molecule has 0 aliphatic heterocycles. The highest BCUT2D eigenvalue weighted by Crippen LogP contribution is 2.21. The van der Waals surface area contributed by atoms with Crippen LogP contribution >= 0.6 is 0 Å². The number of hydrogen-bond acceptors (Lipinski definition) is 6. The average molecular weight is 377 g/mol. The smallest absolute Gasteiger partial charge is 0.320 e. The van der Waals surface area contributed by atoms with Crippen LogP contribution in [-0.4, -0.2) is 36.9 Å². The average Bonchev–Trinajstić information content (AvgIpc) is 3.36. The van der Waals surface area contributed by atoms with Gasteiger partial charge in [-0.25, -0.2) is 19.7 Å². The molecule has 0 unspecified atom stereocenters. The number of urea groups is 1. The Morgan fingerprint density at radius 1 is 1.25 bits per heavy atom. The van der Waals surface area contributed by atoms with Crippen molar-refractivity contribution < 1.29 is 9.21 Å². The summed E-state index contributed by atoms with van der Waals surface area (Å²) < 4.78 is 7.19. The van der Waals surface area contributed by atoms with E-state index in [0.29, 0.717) is 36.7 Å². The Bertz CT molecular complexity index is 1070. The standard InChI is InChI=1S/C19H19N7O2/c1-2-21-19(27)25-15-12-26-16(5-6-18-22-8-9-28-18)23-14(10-17(26)24-15)13-4-3-7-20-11-13/h3-4,7-12H,2,5-6H2,1H3,(H2,21,25,27). The molecule has 0 radical (unpaired) electrons. The Morgan fingerprint density at radius 2 is 2.18 bits per heavy atom. The Balaban J connectivity index is 1.71. The first-order chi connectivity index (χ1) is 13.7. The summed E-state index contributed by atoms with van der Waals surface area (Å²) in [5, 5.41) is 5.43. The first kappa shape index (κ1) is 17.7. The fraction of sp³-hybridized carbons (Fsp3) is 0.211. The van der Waals surface area contributed by atoms with E-state index >= 15 is 0 Å². The van der Waals surface area contributed by atoms with Crippen molar-refractivity contribution in [2.45, 2.75) is 19.8 Å². The van der Waals surface area contributed by atoms with Crippen LogP contribution in [0.2, 0.25) is 0 Å². The minimum Gasteiger partial charge on any atom is -0.449 e. The molecule has 0 atom stereocenters. The van der Waals surface area contributed by atoms with Crippen LogP contribution in [0, 0.1) is 0 Å². The number of aromatic nitrogens is 5. The van der Waals surface area contributed by atoms with Crippen LogP contribution < -0.4 is 10.6 Å². The highest BCUT2D eigenvalue weighted by molar-refractivity contribution is 5.88. The zero-order valence-corrected chi connectivity index (χ0v) is 15.3. The number of carbonyl (C=O) groups excluding carboxylic acids is 1. The first-order valence-corrected chi connectivity index (χ1v) is 8.95. The van der Waals surface area contributed by atoms with E-state index < -0.39 is 0 Å². The maximum Gasteiger partial charge on any atom is 0.320 e. The van der Waals surface area contributed by atoms with Crippen molar-refractivity contribution in [3.63, 3.8) is 0 Å². The molecule has 4 aromatic rings. The van der Waals surface area contributed by atoms with E-state index in [2.05, 4.69) is 25.6 Å². The van der Waals surface area contributed by atoms with Gasteiger partial charge in [0.1, 0.15) is 17.7 Å². The van der Waals surface area contributed by atoms with Crippen molar-refractivity contribution in [3.05, 3.63) is 61.0 Å². The molecule has 4 rings (SSSR count). The van der Waals surface area contributed by atoms with Crippen molar-refractivity contribution in [1.82, 2.24) is 29.7 Å². The largest absolute Gasteiger partial charge is 0.449 e. The maximum atomic E-state index is 11.8. The molecule has 142 valence electrons. The molecule has 4 heterocycles. The molecule has 0 aromatic carbocycles. The van der Waals surface area contributed by atoms with E-state index in [0.717, 1.165) is 17.1 Å². The molecule has 2 amide bonds. The number of amides is 2. The normalized spacial score (nSPS) is 10.9. The van der Waals surface area contributed by atoms with Gasteiger partial charge in [0.15, 0.2) is 11.7 Å². The lowest BCUT2D eigenvalue weighted by atomic mass is 10.2. The predicted octanol–water partition coefficient (Wildman–Crippen LogP) is 2.71. The van der Waals surface area contributed by atoms with Crippen molar-refractivity contribution in [2.75, 3.05) is 11.9 Å². The second-order valence-corrected chi connectivity index (χ2v) is 6.06. The van der Waals surface area contributed by atoms with Crippen LogP contribution in [0.5, 0.6) is 0 Å². The molecule has 0 spiro atoms. The lowest BCUT2D eigenvalue weighted by Gasteiger charge is -2.07. The fourth-order valence-corrected chi connectivity index (χ4v) is 2.87. The van der Waals surface area contributed by atoms with Gasteiger partial charge >= 0.3 is 6.03 Å². The fourth-order valence-electron chi connectivity index (χ4n) is 2.87. The van der Waals surface area contributed by atoms with E-state index in [1.807, 2.05) is 29.5 Å². The summed E-state index contributed by atoms with van der Waals surface area (Å²) in [7, 11) is 0. The third-order valence-corrected chi connectivity index (χ3v) is 4.11. The maximum absolute atomic E-state index is 11.8. The summed E-state index contributed by atoms with van der Waals surface area (Å²) in [6.45, 7) is 2.39. The summed E-state index contributed by atoms with van der Waals surface area (Å²) >= 11 is 0. The quantitative estimate of drug-likeness (QED) is 0.534. The number of hydrogen-bond donors (Lipinski definition) is 2. The lowest BCUT2D eigenvalue weighted by molar-refractivity contribution is 0.252. The van der Waals surface area contributed by atoms with E-state index in [9.17, 15) is 4.79 Å². The van der Waals surface area contributed by atoms with Crippen LogP contribution in [0.3, 0.4) is 0 Å². The van der Waals surface area contributed by atoms with Gasteiger partial charge in [0.2, 0.25) is 0 Å². The van der Waals surface area contributed by atoms with Crippen LogP contribution in [-0.2, 0) is 12.8 Å². The van der Waals surface area contributed by atoms with E-state index in [-0.39, 0.29) is 6.03 Å². The molecule has 0 saturated heterocycles. The van der Waals surface area contributed by atoms with Gasteiger partial charge in [-0.15, -0.1) is 0 Å². The monoisotopic (exact) mass is 377 g/mol. The molecule has 2 N–H and O–H groups in total. The number of nitrogens with one attached hydrogen (secondary N) is 2. The van der Waals surface area contributed by atoms with Gasteiger partial charge in [-0.2, -0.15) is 0 Å². The lowest BCUT2D eigenvalue weighted by Crippen LogP contribution is -2.28. The number of nitrogens with zero attached hydrogens (tertiary/aromatic N) is 5. The molecule has 28 heavy (non-hydrogen) atoms. The second-order valence-electron chi connectivity index (χ2n) is 6.06. The first-order valence-electron chi connectivity index (χ1n) is 8.95. The van der Waals surface area contributed by atoms with Crippen LogP contribution in [0.4, 0.5) is 10.6 Å². The molecule has 4 aromatic heterocycles. The molecule has 9 nitrogen and oxygen atoms in total. The Morgan fingerprint density at radius 3 is 2.93 bits per heavy atom. The summed E-state index contributed by atoms with van der Waals surface area (Å²) in [4.78, 5) is 29.5. The molecule has 0 aliphatic rings. The van der Waals surface area contributed by atoms with Gasteiger partial charge in [-0.1, -0.05) is 0 Å². The highest BCUT2D eigenvalue weighted by atomic mass is 16.3. The molecule has 0 fully saturated rings. The number of pyridine rings is 1.